The van der Waals surface area contributed by atoms with E-state index in [1.807, 2.05) is 42.5 Å². The van der Waals surface area contributed by atoms with Crippen LogP contribution in [-0.4, -0.2) is 48.2 Å². The summed E-state index contributed by atoms with van der Waals surface area (Å²) in [5, 5.41) is 4.63. The van der Waals surface area contributed by atoms with Crippen molar-refractivity contribution < 1.29 is 4.74 Å². The van der Waals surface area contributed by atoms with Gasteiger partial charge in [-0.25, -0.2) is 9.97 Å². The minimum atomic E-state index is 0.725. The van der Waals surface area contributed by atoms with Gasteiger partial charge in [-0.2, -0.15) is 0 Å². The maximum absolute atomic E-state index is 5.27. The molecule has 0 unspecified atom stereocenters. The summed E-state index contributed by atoms with van der Waals surface area (Å²) in [5.74, 6) is 2.46. The quantitative estimate of drug-likeness (QED) is 0.616. The van der Waals surface area contributed by atoms with Crippen molar-refractivity contribution >= 4 is 16.7 Å². The Morgan fingerprint density at radius 1 is 1.00 bits per heavy atom. The molecule has 5 nitrogen and oxygen atoms in total. The minimum absolute atomic E-state index is 0.725. The second kappa shape index (κ2) is 9.23. The van der Waals surface area contributed by atoms with Crippen LogP contribution < -0.4 is 10.1 Å². The molecule has 1 fully saturated rings. The van der Waals surface area contributed by atoms with Crippen molar-refractivity contribution in [3.05, 3.63) is 48.5 Å². The van der Waals surface area contributed by atoms with Crippen LogP contribution in [0.2, 0.25) is 0 Å². The number of rotatable bonds is 7. The number of benzene rings is 2. The highest BCUT2D eigenvalue weighted by Gasteiger charge is 2.17. The molecule has 1 aliphatic carbocycles. The van der Waals surface area contributed by atoms with E-state index in [0.29, 0.717) is 0 Å². The lowest BCUT2D eigenvalue weighted by Gasteiger charge is -2.31. The van der Waals surface area contributed by atoms with Crippen molar-refractivity contribution in [1.29, 1.82) is 0 Å². The Kier molecular flexibility index (Phi) is 6.25. The Balaban J connectivity index is 1.52. The lowest BCUT2D eigenvalue weighted by Crippen LogP contribution is -2.36. The van der Waals surface area contributed by atoms with Crippen LogP contribution in [0, 0.1) is 0 Å². The topological polar surface area (TPSA) is 50.3 Å². The standard InChI is InChI=1S/C24H30N4O/c1-28(19-8-4-3-5-9-19)17-16-25-24-21-10-6-7-11-22(21)26-23(27-24)18-12-14-20(29-2)15-13-18/h6-7,10-15,19H,3-5,8-9,16-17H2,1-2H3,(H,25,26,27). The highest BCUT2D eigenvalue weighted by Crippen LogP contribution is 2.26. The number of ether oxygens (including phenoxy) is 1. The predicted octanol–water partition coefficient (Wildman–Crippen LogP) is 4.98. The molecular weight excluding hydrogens is 360 g/mol. The molecular formula is C24H30N4O. The summed E-state index contributed by atoms with van der Waals surface area (Å²) in [4.78, 5) is 12.1. The molecule has 1 aliphatic rings. The Labute approximate surface area is 173 Å². The number of methoxy groups -OCH3 is 1. The summed E-state index contributed by atoms with van der Waals surface area (Å²) in [6.45, 7) is 1.89. The predicted molar refractivity (Wildman–Crippen MR) is 120 cm³/mol. The lowest BCUT2D eigenvalue weighted by atomic mass is 9.94. The molecule has 0 atom stereocenters. The molecule has 4 rings (SSSR count). The maximum atomic E-state index is 5.27. The van der Waals surface area contributed by atoms with Gasteiger partial charge in [0.1, 0.15) is 11.6 Å². The van der Waals surface area contributed by atoms with Gasteiger partial charge in [-0.15, -0.1) is 0 Å². The van der Waals surface area contributed by atoms with Crippen LogP contribution in [0.1, 0.15) is 32.1 Å². The fourth-order valence-electron chi connectivity index (χ4n) is 4.14. The minimum Gasteiger partial charge on any atom is -0.497 e. The zero-order chi connectivity index (χ0) is 20.1. The van der Waals surface area contributed by atoms with E-state index in [1.165, 1.54) is 32.1 Å². The van der Waals surface area contributed by atoms with E-state index in [9.17, 15) is 0 Å². The number of hydrogen-bond acceptors (Lipinski definition) is 5. The first kappa shape index (κ1) is 19.6. The second-order valence-corrected chi connectivity index (χ2v) is 7.84. The van der Waals surface area contributed by atoms with Crippen molar-refractivity contribution in [3.8, 4) is 17.1 Å². The molecule has 29 heavy (non-hydrogen) atoms. The van der Waals surface area contributed by atoms with Crippen molar-refractivity contribution in [2.45, 2.75) is 38.1 Å². The van der Waals surface area contributed by atoms with E-state index < -0.39 is 0 Å². The number of hydrogen-bond donors (Lipinski definition) is 1. The summed E-state index contributed by atoms with van der Waals surface area (Å²) < 4.78 is 5.27. The van der Waals surface area contributed by atoms with E-state index in [-0.39, 0.29) is 0 Å². The van der Waals surface area contributed by atoms with Gasteiger partial charge in [0.15, 0.2) is 5.82 Å². The number of fused-ring (bicyclic) bond motifs is 1. The van der Waals surface area contributed by atoms with Crippen molar-refractivity contribution in [1.82, 2.24) is 14.9 Å². The van der Waals surface area contributed by atoms with Gasteiger partial charge < -0.3 is 15.0 Å². The van der Waals surface area contributed by atoms with Gasteiger partial charge in [0, 0.05) is 30.1 Å². The average molecular weight is 391 g/mol. The molecule has 0 spiro atoms. The van der Waals surface area contributed by atoms with Crippen LogP contribution in [0.25, 0.3) is 22.3 Å². The van der Waals surface area contributed by atoms with Crippen molar-refractivity contribution in [2.75, 3.05) is 32.6 Å². The van der Waals surface area contributed by atoms with Gasteiger partial charge in [0.25, 0.3) is 0 Å². The molecule has 0 saturated heterocycles. The van der Waals surface area contributed by atoms with E-state index in [2.05, 4.69) is 23.3 Å². The third-order valence-corrected chi connectivity index (χ3v) is 5.91. The third kappa shape index (κ3) is 4.67. The van der Waals surface area contributed by atoms with Crippen molar-refractivity contribution in [3.63, 3.8) is 0 Å². The molecule has 1 aromatic heterocycles. The first-order valence-corrected chi connectivity index (χ1v) is 10.6. The summed E-state index contributed by atoms with van der Waals surface area (Å²) in [6.07, 6.45) is 6.78. The Morgan fingerprint density at radius 3 is 2.52 bits per heavy atom. The number of para-hydroxylation sites is 1. The average Bonchev–Trinajstić information content (AvgIpc) is 2.79. The van der Waals surface area contributed by atoms with Gasteiger partial charge >= 0.3 is 0 Å². The smallest absolute Gasteiger partial charge is 0.162 e. The molecule has 0 aliphatic heterocycles. The molecule has 0 bridgehead atoms. The Bertz CT molecular complexity index is 935. The second-order valence-electron chi connectivity index (χ2n) is 7.84. The van der Waals surface area contributed by atoms with Crippen LogP contribution in [0.5, 0.6) is 5.75 Å². The summed E-state index contributed by atoms with van der Waals surface area (Å²) >= 11 is 0. The van der Waals surface area contributed by atoms with E-state index >= 15 is 0 Å². The van der Waals surface area contributed by atoms with E-state index in [0.717, 1.165) is 53.0 Å². The third-order valence-electron chi connectivity index (χ3n) is 5.91. The van der Waals surface area contributed by atoms with E-state index in [4.69, 9.17) is 14.7 Å². The summed E-state index contributed by atoms with van der Waals surface area (Å²) in [6, 6.07) is 16.8. The summed E-state index contributed by atoms with van der Waals surface area (Å²) in [7, 11) is 3.92. The zero-order valence-corrected chi connectivity index (χ0v) is 17.4. The van der Waals surface area contributed by atoms with Gasteiger partial charge in [0.2, 0.25) is 0 Å². The molecule has 1 heterocycles. The molecule has 2 aromatic carbocycles. The molecule has 152 valence electrons. The van der Waals surface area contributed by atoms with Crippen LogP contribution >= 0.6 is 0 Å². The van der Waals surface area contributed by atoms with Gasteiger partial charge in [-0.05, 0) is 56.3 Å². The summed E-state index contributed by atoms with van der Waals surface area (Å²) in [5.41, 5.74) is 1.94. The highest BCUT2D eigenvalue weighted by atomic mass is 16.5. The number of nitrogens with one attached hydrogen (secondary N) is 1. The van der Waals surface area contributed by atoms with Crippen LogP contribution in [0.15, 0.2) is 48.5 Å². The van der Waals surface area contributed by atoms with Gasteiger partial charge in [-0.1, -0.05) is 31.4 Å². The molecule has 5 heteroatoms. The van der Waals surface area contributed by atoms with Crippen LogP contribution in [0.4, 0.5) is 5.82 Å². The first-order chi connectivity index (χ1) is 14.2. The van der Waals surface area contributed by atoms with Crippen LogP contribution in [-0.2, 0) is 0 Å². The van der Waals surface area contributed by atoms with Gasteiger partial charge in [-0.3, -0.25) is 0 Å². The number of nitrogens with zero attached hydrogens (tertiary/aromatic N) is 3. The first-order valence-electron chi connectivity index (χ1n) is 10.6. The normalized spacial score (nSPS) is 15.0. The fourth-order valence-corrected chi connectivity index (χ4v) is 4.14. The molecule has 3 aromatic rings. The molecule has 0 radical (unpaired) electrons. The largest absolute Gasteiger partial charge is 0.497 e. The highest BCUT2D eigenvalue weighted by molar-refractivity contribution is 5.90. The zero-order valence-electron chi connectivity index (χ0n) is 17.4. The number of anilines is 1. The number of aromatic nitrogens is 2. The fraction of sp³-hybridized carbons (Fsp3) is 0.417. The lowest BCUT2D eigenvalue weighted by molar-refractivity contribution is 0.198. The SMILES string of the molecule is COc1ccc(-c2nc(NCCN(C)C3CCCCC3)c3ccccc3n2)cc1. The monoisotopic (exact) mass is 390 g/mol. The molecule has 1 saturated carbocycles. The van der Waals surface area contributed by atoms with Gasteiger partial charge in [0.05, 0.1) is 12.6 Å². The van der Waals surface area contributed by atoms with Crippen LogP contribution in [0.3, 0.4) is 0 Å². The van der Waals surface area contributed by atoms with E-state index in [1.54, 1.807) is 7.11 Å². The molecule has 1 N–H and O–H groups in total. The van der Waals surface area contributed by atoms with Crippen molar-refractivity contribution in [2.24, 2.45) is 0 Å². The Morgan fingerprint density at radius 2 is 1.76 bits per heavy atom. The Hall–Kier alpha value is -2.66. The number of likely N-dealkylation sites (N-methyl/N-ethyl adjacent to an activating group) is 1. The maximum Gasteiger partial charge on any atom is 0.162 e. The molecule has 0 amide bonds.